The SMILES string of the molecule is c1ccc2c(c1)-c1nc3ccccc3c3c1c-2nc1ccccc13. The molecule has 0 radical (unpaired) electrons. The lowest BCUT2D eigenvalue weighted by molar-refractivity contribution is 1.44. The minimum Gasteiger partial charge on any atom is -0.247 e. The van der Waals surface area contributed by atoms with E-state index < -0.39 is 0 Å². The number of hydrogen-bond donors (Lipinski definition) is 0. The highest BCUT2D eigenvalue weighted by Gasteiger charge is 2.26. The van der Waals surface area contributed by atoms with E-state index in [1.165, 1.54) is 32.7 Å². The van der Waals surface area contributed by atoms with Crippen molar-refractivity contribution in [2.24, 2.45) is 0 Å². The first-order valence-electron chi connectivity index (χ1n) is 8.13. The third-order valence-corrected chi connectivity index (χ3v) is 4.97. The van der Waals surface area contributed by atoms with E-state index in [4.69, 9.17) is 9.97 Å². The van der Waals surface area contributed by atoms with Crippen LogP contribution >= 0.6 is 0 Å². The van der Waals surface area contributed by atoms with Crippen molar-refractivity contribution in [1.29, 1.82) is 0 Å². The quantitative estimate of drug-likeness (QED) is 0.342. The number of hydrogen-bond acceptors (Lipinski definition) is 2. The zero-order chi connectivity index (χ0) is 15.7. The summed E-state index contributed by atoms with van der Waals surface area (Å²) >= 11 is 0. The Bertz CT molecular complexity index is 1200. The van der Waals surface area contributed by atoms with E-state index in [-0.39, 0.29) is 0 Å². The van der Waals surface area contributed by atoms with Gasteiger partial charge in [0.15, 0.2) is 0 Å². The predicted molar refractivity (Wildman–Crippen MR) is 99.0 cm³/mol. The van der Waals surface area contributed by atoms with Crippen molar-refractivity contribution in [2.45, 2.75) is 0 Å². The number of nitrogens with zero attached hydrogens (tertiary/aromatic N) is 2. The lowest BCUT2D eigenvalue weighted by Gasteiger charge is -2.09. The van der Waals surface area contributed by atoms with Crippen LogP contribution in [0.4, 0.5) is 0 Å². The van der Waals surface area contributed by atoms with Crippen molar-refractivity contribution in [3.8, 4) is 22.5 Å². The maximum absolute atomic E-state index is 4.98. The molecule has 0 amide bonds. The molecule has 5 aromatic rings. The Labute approximate surface area is 138 Å². The number of aromatic nitrogens is 2. The molecule has 0 saturated carbocycles. The molecule has 1 aliphatic rings. The predicted octanol–water partition coefficient (Wildman–Crippen LogP) is 5.58. The van der Waals surface area contributed by atoms with Crippen LogP contribution in [0, 0.1) is 0 Å². The molecule has 0 fully saturated rings. The summed E-state index contributed by atoms with van der Waals surface area (Å²) < 4.78 is 0. The largest absolute Gasteiger partial charge is 0.247 e. The molecule has 3 aromatic carbocycles. The Hall–Kier alpha value is -3.26. The van der Waals surface area contributed by atoms with Gasteiger partial charge >= 0.3 is 0 Å². The van der Waals surface area contributed by atoms with Gasteiger partial charge in [0.1, 0.15) is 0 Å². The van der Waals surface area contributed by atoms with Gasteiger partial charge in [-0.15, -0.1) is 0 Å². The molecule has 0 atom stereocenters. The summed E-state index contributed by atoms with van der Waals surface area (Å²) in [5.74, 6) is 0. The van der Waals surface area contributed by atoms with E-state index in [2.05, 4.69) is 72.8 Å². The van der Waals surface area contributed by atoms with Crippen LogP contribution in [0.15, 0.2) is 72.8 Å². The summed E-state index contributed by atoms with van der Waals surface area (Å²) in [5, 5.41) is 4.86. The summed E-state index contributed by atoms with van der Waals surface area (Å²) in [6.07, 6.45) is 0. The molecular formula is C22H12N2. The minimum absolute atomic E-state index is 1.04. The summed E-state index contributed by atoms with van der Waals surface area (Å²) in [7, 11) is 0. The van der Waals surface area contributed by atoms with Crippen molar-refractivity contribution in [2.75, 3.05) is 0 Å². The van der Waals surface area contributed by atoms with Gasteiger partial charge in [0.05, 0.1) is 22.4 Å². The molecule has 0 unspecified atom stereocenters. The Balaban J connectivity index is 2.02. The van der Waals surface area contributed by atoms with Gasteiger partial charge in [-0.2, -0.15) is 0 Å². The van der Waals surface area contributed by atoms with Crippen LogP contribution in [0.3, 0.4) is 0 Å². The Kier molecular flexibility index (Phi) is 2.12. The van der Waals surface area contributed by atoms with Gasteiger partial charge in [0.2, 0.25) is 0 Å². The molecule has 0 saturated heterocycles. The highest BCUT2D eigenvalue weighted by molar-refractivity contribution is 6.28. The van der Waals surface area contributed by atoms with Crippen molar-refractivity contribution in [3.05, 3.63) is 72.8 Å². The van der Waals surface area contributed by atoms with E-state index in [0.717, 1.165) is 22.4 Å². The van der Waals surface area contributed by atoms with Gasteiger partial charge in [-0.1, -0.05) is 60.7 Å². The standard InChI is InChI=1S/C22H12N2/c1-2-8-14-13(7-1)21-20-19(15-9-3-5-11-17(15)23-21)16-10-4-6-12-18(16)24-22(14)20/h1-12H. The highest BCUT2D eigenvalue weighted by atomic mass is 14.8. The zero-order valence-electron chi connectivity index (χ0n) is 12.8. The molecule has 0 N–H and O–H groups in total. The first kappa shape index (κ1) is 12.2. The fourth-order valence-electron chi connectivity index (χ4n) is 3.97. The van der Waals surface area contributed by atoms with Crippen LogP contribution in [0.25, 0.3) is 55.1 Å². The molecule has 24 heavy (non-hydrogen) atoms. The third-order valence-electron chi connectivity index (χ3n) is 4.97. The van der Waals surface area contributed by atoms with Crippen molar-refractivity contribution < 1.29 is 0 Å². The second-order valence-corrected chi connectivity index (χ2v) is 6.25. The second-order valence-electron chi connectivity index (χ2n) is 6.25. The Morgan fingerprint density at radius 1 is 0.458 bits per heavy atom. The molecule has 2 heterocycles. The fraction of sp³-hybridized carbons (Fsp3) is 0. The topological polar surface area (TPSA) is 25.8 Å². The first-order chi connectivity index (χ1) is 11.9. The maximum Gasteiger partial charge on any atom is 0.0817 e. The summed E-state index contributed by atoms with van der Waals surface area (Å²) in [4.78, 5) is 9.96. The zero-order valence-corrected chi connectivity index (χ0v) is 12.8. The lowest BCUT2D eigenvalue weighted by Crippen LogP contribution is -1.89. The van der Waals surface area contributed by atoms with E-state index in [1.807, 2.05) is 0 Å². The van der Waals surface area contributed by atoms with E-state index in [0.29, 0.717) is 0 Å². The van der Waals surface area contributed by atoms with Crippen LogP contribution in [0.2, 0.25) is 0 Å². The molecule has 2 aromatic heterocycles. The molecule has 6 rings (SSSR count). The molecule has 1 aliphatic carbocycles. The molecule has 0 bridgehead atoms. The van der Waals surface area contributed by atoms with Crippen LogP contribution < -0.4 is 0 Å². The van der Waals surface area contributed by atoms with Gasteiger partial charge in [-0.05, 0) is 12.1 Å². The molecule has 2 nitrogen and oxygen atoms in total. The maximum atomic E-state index is 4.98. The number of rotatable bonds is 0. The summed E-state index contributed by atoms with van der Waals surface area (Å²) in [6.45, 7) is 0. The number of para-hydroxylation sites is 2. The highest BCUT2D eigenvalue weighted by Crippen LogP contribution is 2.48. The third kappa shape index (κ3) is 1.36. The molecule has 2 heteroatoms. The lowest BCUT2D eigenvalue weighted by atomic mass is 10.0. The van der Waals surface area contributed by atoms with E-state index in [9.17, 15) is 0 Å². The smallest absolute Gasteiger partial charge is 0.0817 e. The first-order valence-corrected chi connectivity index (χ1v) is 8.13. The average Bonchev–Trinajstić information content (AvgIpc) is 2.96. The average molecular weight is 304 g/mol. The molecular weight excluding hydrogens is 292 g/mol. The second kappa shape index (κ2) is 4.18. The van der Waals surface area contributed by atoms with Gasteiger partial charge in [-0.25, -0.2) is 9.97 Å². The van der Waals surface area contributed by atoms with Crippen molar-refractivity contribution >= 4 is 32.6 Å². The van der Waals surface area contributed by atoms with Crippen LogP contribution in [0.1, 0.15) is 0 Å². The van der Waals surface area contributed by atoms with Crippen molar-refractivity contribution in [1.82, 2.24) is 9.97 Å². The molecule has 110 valence electrons. The van der Waals surface area contributed by atoms with Crippen LogP contribution in [-0.2, 0) is 0 Å². The van der Waals surface area contributed by atoms with Gasteiger partial charge in [0, 0.05) is 32.7 Å². The van der Waals surface area contributed by atoms with Crippen molar-refractivity contribution in [3.63, 3.8) is 0 Å². The van der Waals surface area contributed by atoms with Crippen LogP contribution in [0.5, 0.6) is 0 Å². The number of pyridine rings is 2. The van der Waals surface area contributed by atoms with Crippen LogP contribution in [-0.4, -0.2) is 9.97 Å². The monoisotopic (exact) mass is 304 g/mol. The molecule has 0 spiro atoms. The number of benzene rings is 3. The van der Waals surface area contributed by atoms with Gasteiger partial charge < -0.3 is 0 Å². The summed E-state index contributed by atoms with van der Waals surface area (Å²) in [5.41, 5.74) is 6.58. The normalized spacial score (nSPS) is 12.2. The minimum atomic E-state index is 1.04. The Morgan fingerprint density at radius 2 is 0.917 bits per heavy atom. The fourth-order valence-corrected chi connectivity index (χ4v) is 3.97. The van der Waals surface area contributed by atoms with Gasteiger partial charge in [-0.3, -0.25) is 0 Å². The summed E-state index contributed by atoms with van der Waals surface area (Å²) in [6, 6.07) is 25.3. The number of fused-ring (bicyclic) bond motifs is 7. The van der Waals surface area contributed by atoms with Gasteiger partial charge in [0.25, 0.3) is 0 Å². The molecule has 0 aliphatic heterocycles. The van der Waals surface area contributed by atoms with E-state index >= 15 is 0 Å². The Morgan fingerprint density at radius 3 is 1.46 bits per heavy atom. The van der Waals surface area contributed by atoms with E-state index in [1.54, 1.807) is 0 Å².